The van der Waals surface area contributed by atoms with E-state index in [1.165, 1.54) is 6.20 Å². The lowest BCUT2D eigenvalue weighted by atomic mass is 10.2. The molecule has 1 heterocycles. The van der Waals surface area contributed by atoms with Crippen LogP contribution in [-0.4, -0.2) is 33.4 Å². The van der Waals surface area contributed by atoms with Gasteiger partial charge in [-0.1, -0.05) is 6.92 Å². The molecule has 130 valence electrons. The Hall–Kier alpha value is -2.48. The van der Waals surface area contributed by atoms with E-state index in [4.69, 9.17) is 9.47 Å². The Morgan fingerprint density at radius 2 is 1.92 bits per heavy atom. The molecule has 1 aromatic heterocycles. The van der Waals surface area contributed by atoms with Crippen molar-refractivity contribution in [1.29, 1.82) is 0 Å². The SMILES string of the molecule is CCCS(=O)(=O)Nc1ccc(Nc2ccc(OC)cc2OC)nc1. The fourth-order valence-corrected chi connectivity index (χ4v) is 3.19. The summed E-state index contributed by atoms with van der Waals surface area (Å²) in [4.78, 5) is 4.21. The third-order valence-corrected chi connectivity index (χ3v) is 4.67. The van der Waals surface area contributed by atoms with Gasteiger partial charge in [-0.2, -0.15) is 0 Å². The Balaban J connectivity index is 2.12. The van der Waals surface area contributed by atoms with Gasteiger partial charge in [0.05, 0.1) is 37.5 Å². The Morgan fingerprint density at radius 1 is 1.12 bits per heavy atom. The lowest BCUT2D eigenvalue weighted by Gasteiger charge is -2.12. The summed E-state index contributed by atoms with van der Waals surface area (Å²) < 4.78 is 36.4. The zero-order chi connectivity index (χ0) is 17.6. The summed E-state index contributed by atoms with van der Waals surface area (Å²) in [5.74, 6) is 1.95. The fourth-order valence-electron chi connectivity index (χ4n) is 2.07. The lowest BCUT2D eigenvalue weighted by molar-refractivity contribution is 0.395. The molecule has 24 heavy (non-hydrogen) atoms. The van der Waals surface area contributed by atoms with Crippen molar-refractivity contribution in [1.82, 2.24) is 4.98 Å². The third-order valence-electron chi connectivity index (χ3n) is 3.18. The van der Waals surface area contributed by atoms with Gasteiger partial charge in [-0.25, -0.2) is 13.4 Å². The molecular weight excluding hydrogens is 330 g/mol. The van der Waals surface area contributed by atoms with E-state index in [1.807, 2.05) is 13.0 Å². The molecule has 0 unspecified atom stereocenters. The van der Waals surface area contributed by atoms with Gasteiger partial charge < -0.3 is 14.8 Å². The average molecular weight is 351 g/mol. The molecule has 0 aliphatic heterocycles. The number of pyridine rings is 1. The number of nitrogens with zero attached hydrogens (tertiary/aromatic N) is 1. The van der Waals surface area contributed by atoms with Crippen molar-refractivity contribution in [3.8, 4) is 11.5 Å². The van der Waals surface area contributed by atoms with E-state index in [9.17, 15) is 8.42 Å². The Kier molecular flexibility index (Phi) is 5.86. The highest BCUT2D eigenvalue weighted by Gasteiger charge is 2.10. The van der Waals surface area contributed by atoms with Crippen LogP contribution in [0.5, 0.6) is 11.5 Å². The minimum absolute atomic E-state index is 0.0794. The summed E-state index contributed by atoms with van der Waals surface area (Å²) >= 11 is 0. The van der Waals surface area contributed by atoms with Crippen molar-refractivity contribution in [3.05, 3.63) is 36.5 Å². The molecule has 0 amide bonds. The molecule has 1 aromatic carbocycles. The van der Waals surface area contributed by atoms with Gasteiger partial charge in [0.2, 0.25) is 10.0 Å². The number of hydrogen-bond donors (Lipinski definition) is 2. The molecule has 7 nitrogen and oxygen atoms in total. The summed E-state index contributed by atoms with van der Waals surface area (Å²) in [6.45, 7) is 1.81. The van der Waals surface area contributed by atoms with Crippen molar-refractivity contribution in [3.63, 3.8) is 0 Å². The van der Waals surface area contributed by atoms with Crippen LogP contribution < -0.4 is 19.5 Å². The molecule has 0 saturated carbocycles. The smallest absolute Gasteiger partial charge is 0.232 e. The number of anilines is 3. The molecule has 2 aromatic rings. The number of aromatic nitrogens is 1. The van der Waals surface area contributed by atoms with Crippen LogP contribution in [0.25, 0.3) is 0 Å². The predicted molar refractivity (Wildman–Crippen MR) is 94.8 cm³/mol. The van der Waals surface area contributed by atoms with E-state index in [0.29, 0.717) is 29.4 Å². The molecule has 0 fully saturated rings. The van der Waals surface area contributed by atoms with Crippen molar-refractivity contribution < 1.29 is 17.9 Å². The number of rotatable bonds is 8. The number of hydrogen-bond acceptors (Lipinski definition) is 6. The van der Waals surface area contributed by atoms with Crippen LogP contribution in [0.2, 0.25) is 0 Å². The summed E-state index contributed by atoms with van der Waals surface area (Å²) in [6.07, 6.45) is 2.02. The quantitative estimate of drug-likeness (QED) is 0.760. The number of benzene rings is 1. The zero-order valence-electron chi connectivity index (χ0n) is 13.9. The van der Waals surface area contributed by atoms with E-state index < -0.39 is 10.0 Å². The molecule has 0 atom stereocenters. The summed E-state index contributed by atoms with van der Waals surface area (Å²) in [7, 11) is -0.166. The maximum absolute atomic E-state index is 11.7. The third kappa shape index (κ3) is 4.76. The van der Waals surface area contributed by atoms with Crippen molar-refractivity contribution in [2.75, 3.05) is 30.0 Å². The average Bonchev–Trinajstić information content (AvgIpc) is 2.56. The van der Waals surface area contributed by atoms with E-state index in [1.54, 1.807) is 38.5 Å². The molecule has 0 bridgehead atoms. The van der Waals surface area contributed by atoms with Gasteiger partial charge in [-0.3, -0.25) is 4.72 Å². The highest BCUT2D eigenvalue weighted by Crippen LogP contribution is 2.31. The topological polar surface area (TPSA) is 89.6 Å². The summed E-state index contributed by atoms with van der Waals surface area (Å²) in [6, 6.07) is 8.72. The highest BCUT2D eigenvalue weighted by molar-refractivity contribution is 7.92. The van der Waals surface area contributed by atoms with Gasteiger partial charge in [-0.15, -0.1) is 0 Å². The molecule has 2 rings (SSSR count). The second-order valence-corrected chi connectivity index (χ2v) is 6.89. The molecule has 0 spiro atoms. The number of nitrogens with one attached hydrogen (secondary N) is 2. The molecule has 0 radical (unpaired) electrons. The van der Waals surface area contributed by atoms with Gasteiger partial charge in [0, 0.05) is 6.07 Å². The zero-order valence-corrected chi connectivity index (χ0v) is 14.7. The molecule has 0 aliphatic rings. The van der Waals surface area contributed by atoms with Crippen molar-refractivity contribution in [2.24, 2.45) is 0 Å². The maximum atomic E-state index is 11.7. The summed E-state index contributed by atoms with van der Waals surface area (Å²) in [5.41, 5.74) is 1.15. The second-order valence-electron chi connectivity index (χ2n) is 5.04. The largest absolute Gasteiger partial charge is 0.497 e. The van der Waals surface area contributed by atoms with Crippen LogP contribution >= 0.6 is 0 Å². The van der Waals surface area contributed by atoms with E-state index in [-0.39, 0.29) is 5.75 Å². The number of methoxy groups -OCH3 is 2. The molecule has 0 saturated heterocycles. The first-order chi connectivity index (χ1) is 11.5. The van der Waals surface area contributed by atoms with E-state index in [2.05, 4.69) is 15.0 Å². The van der Waals surface area contributed by atoms with Crippen LogP contribution in [0.4, 0.5) is 17.2 Å². The van der Waals surface area contributed by atoms with Crippen molar-refractivity contribution >= 4 is 27.2 Å². The van der Waals surface area contributed by atoms with E-state index >= 15 is 0 Å². The van der Waals surface area contributed by atoms with Crippen molar-refractivity contribution in [2.45, 2.75) is 13.3 Å². The van der Waals surface area contributed by atoms with Gasteiger partial charge >= 0.3 is 0 Å². The van der Waals surface area contributed by atoms with Crippen LogP contribution in [-0.2, 0) is 10.0 Å². The second kappa shape index (κ2) is 7.87. The molecule has 0 aliphatic carbocycles. The number of ether oxygens (including phenoxy) is 2. The lowest BCUT2D eigenvalue weighted by Crippen LogP contribution is -2.16. The molecular formula is C16H21N3O4S. The van der Waals surface area contributed by atoms with Crippen LogP contribution in [0, 0.1) is 0 Å². The minimum atomic E-state index is -3.32. The highest BCUT2D eigenvalue weighted by atomic mass is 32.2. The van der Waals surface area contributed by atoms with Gasteiger partial charge in [0.1, 0.15) is 17.3 Å². The first-order valence-corrected chi connectivity index (χ1v) is 9.08. The van der Waals surface area contributed by atoms with E-state index in [0.717, 1.165) is 5.69 Å². The van der Waals surface area contributed by atoms with Crippen LogP contribution in [0.15, 0.2) is 36.5 Å². The first kappa shape index (κ1) is 17.9. The van der Waals surface area contributed by atoms with Crippen LogP contribution in [0.3, 0.4) is 0 Å². The first-order valence-electron chi connectivity index (χ1n) is 7.43. The Morgan fingerprint density at radius 3 is 2.50 bits per heavy atom. The Bertz CT molecular complexity index is 776. The van der Waals surface area contributed by atoms with Gasteiger partial charge in [-0.05, 0) is 30.7 Å². The van der Waals surface area contributed by atoms with Gasteiger partial charge in [0.15, 0.2) is 0 Å². The standard InChI is InChI=1S/C16H21N3O4S/c1-4-9-24(20,21)19-12-5-8-16(17-11-12)18-14-7-6-13(22-2)10-15(14)23-3/h5-8,10-11,19H,4,9H2,1-3H3,(H,17,18). The molecule has 2 N–H and O–H groups in total. The summed E-state index contributed by atoms with van der Waals surface area (Å²) in [5, 5.41) is 3.12. The monoisotopic (exact) mass is 351 g/mol. The van der Waals surface area contributed by atoms with Gasteiger partial charge in [0.25, 0.3) is 0 Å². The number of sulfonamides is 1. The molecule has 8 heteroatoms. The Labute approximate surface area is 142 Å². The fraction of sp³-hybridized carbons (Fsp3) is 0.312. The minimum Gasteiger partial charge on any atom is -0.497 e. The van der Waals surface area contributed by atoms with Crippen LogP contribution in [0.1, 0.15) is 13.3 Å². The normalized spacial score (nSPS) is 11.0. The maximum Gasteiger partial charge on any atom is 0.232 e. The predicted octanol–water partition coefficient (Wildman–Crippen LogP) is 2.99.